The highest BCUT2D eigenvalue weighted by Crippen LogP contribution is 2.30. The number of carbonyl (C=O) groups excluding carboxylic acids is 3. The van der Waals surface area contributed by atoms with Crippen LogP contribution in [0, 0.1) is 11.8 Å². The molecule has 1 aliphatic heterocycles. The number of benzene rings is 2. The van der Waals surface area contributed by atoms with Crippen LogP contribution in [0.3, 0.4) is 0 Å². The zero-order valence-corrected chi connectivity index (χ0v) is 27.4. The first-order valence-electron chi connectivity index (χ1n) is 16.6. The second-order valence-electron chi connectivity index (χ2n) is 12.9. The number of likely N-dealkylation sites (N-methyl/N-ethyl adjacent to an activating group) is 1. The lowest BCUT2D eigenvalue weighted by atomic mass is 9.88. The summed E-state index contributed by atoms with van der Waals surface area (Å²) in [7, 11) is 1.77. The van der Waals surface area contributed by atoms with Gasteiger partial charge in [0, 0.05) is 49.8 Å². The van der Waals surface area contributed by atoms with E-state index in [2.05, 4.69) is 5.32 Å². The normalized spacial score (nSPS) is 22.8. The smallest absolute Gasteiger partial charge is 0.258 e. The monoisotopic (exact) mass is 621 g/mol. The first-order chi connectivity index (χ1) is 21.7. The number of anilines is 1. The third-order valence-corrected chi connectivity index (χ3v) is 9.12. The van der Waals surface area contributed by atoms with E-state index in [4.69, 9.17) is 9.47 Å². The Labute approximate surface area is 268 Å². The number of rotatable bonds is 7. The molecule has 9 heteroatoms. The van der Waals surface area contributed by atoms with Gasteiger partial charge in [-0.15, -0.1) is 0 Å². The summed E-state index contributed by atoms with van der Waals surface area (Å²) in [5, 5.41) is 13.3. The van der Waals surface area contributed by atoms with Gasteiger partial charge in [0.15, 0.2) is 0 Å². The molecule has 0 unspecified atom stereocenters. The van der Waals surface area contributed by atoms with E-state index in [1.165, 1.54) is 0 Å². The van der Waals surface area contributed by atoms with E-state index in [1.54, 1.807) is 47.2 Å². The number of carbonyl (C=O) groups is 3. The van der Waals surface area contributed by atoms with Crippen molar-refractivity contribution in [3.05, 3.63) is 59.7 Å². The molecule has 2 aromatic rings. The van der Waals surface area contributed by atoms with E-state index in [-0.39, 0.29) is 48.4 Å². The maximum atomic E-state index is 14.3. The van der Waals surface area contributed by atoms with Crippen LogP contribution in [0.15, 0.2) is 48.5 Å². The van der Waals surface area contributed by atoms with Crippen LogP contribution in [0.5, 0.6) is 5.75 Å². The Bertz CT molecular complexity index is 1260. The Morgan fingerprint density at radius 1 is 1.02 bits per heavy atom. The van der Waals surface area contributed by atoms with Gasteiger partial charge in [-0.2, -0.15) is 0 Å². The summed E-state index contributed by atoms with van der Waals surface area (Å²) in [5.74, 6) is -0.108. The van der Waals surface area contributed by atoms with Gasteiger partial charge in [0.1, 0.15) is 5.75 Å². The van der Waals surface area contributed by atoms with Crippen LogP contribution < -0.4 is 10.1 Å². The van der Waals surface area contributed by atoms with Gasteiger partial charge in [0.2, 0.25) is 5.91 Å². The molecule has 0 aromatic heterocycles. The Hall–Kier alpha value is -3.43. The third kappa shape index (κ3) is 9.53. The molecule has 3 amide bonds. The molecule has 2 aromatic carbocycles. The molecule has 246 valence electrons. The molecule has 4 atom stereocenters. The Morgan fingerprint density at radius 2 is 1.73 bits per heavy atom. The average molecular weight is 622 g/mol. The number of ether oxygens (including phenoxy) is 2. The van der Waals surface area contributed by atoms with Gasteiger partial charge >= 0.3 is 0 Å². The van der Waals surface area contributed by atoms with Gasteiger partial charge in [-0.1, -0.05) is 44.4 Å². The Morgan fingerprint density at radius 3 is 2.44 bits per heavy atom. The lowest BCUT2D eigenvalue weighted by Crippen LogP contribution is -2.48. The summed E-state index contributed by atoms with van der Waals surface area (Å²) in [6.45, 7) is 6.78. The van der Waals surface area contributed by atoms with E-state index in [1.807, 2.05) is 39.0 Å². The molecule has 0 bridgehead atoms. The molecule has 1 heterocycles. The van der Waals surface area contributed by atoms with Crippen LogP contribution in [0.1, 0.15) is 92.9 Å². The van der Waals surface area contributed by atoms with Gasteiger partial charge in [0.25, 0.3) is 11.8 Å². The minimum atomic E-state index is -0.483. The molecule has 1 aliphatic carbocycles. The van der Waals surface area contributed by atoms with E-state index in [0.29, 0.717) is 42.3 Å². The fourth-order valence-corrected chi connectivity index (χ4v) is 6.23. The molecule has 2 aliphatic rings. The largest absolute Gasteiger partial charge is 0.490 e. The number of aliphatic hydroxyl groups is 1. The van der Waals surface area contributed by atoms with E-state index < -0.39 is 6.04 Å². The van der Waals surface area contributed by atoms with Gasteiger partial charge < -0.3 is 29.7 Å². The fourth-order valence-electron chi connectivity index (χ4n) is 6.23. The van der Waals surface area contributed by atoms with E-state index in [9.17, 15) is 19.5 Å². The van der Waals surface area contributed by atoms with Crippen molar-refractivity contribution in [3.8, 4) is 5.75 Å². The topological polar surface area (TPSA) is 108 Å². The fraction of sp³-hybridized carbons (Fsp3) is 0.583. The lowest BCUT2D eigenvalue weighted by Gasteiger charge is -2.36. The van der Waals surface area contributed by atoms with Crippen LogP contribution >= 0.6 is 0 Å². The summed E-state index contributed by atoms with van der Waals surface area (Å²) in [6, 6.07) is 14.0. The molecule has 45 heavy (non-hydrogen) atoms. The van der Waals surface area contributed by atoms with Gasteiger partial charge in [-0.05, 0) is 76.3 Å². The number of nitrogens with zero attached hydrogens (tertiary/aromatic N) is 2. The quantitative estimate of drug-likeness (QED) is 0.406. The summed E-state index contributed by atoms with van der Waals surface area (Å²) < 4.78 is 12.7. The first kappa shape index (κ1) is 34.4. The van der Waals surface area contributed by atoms with Crippen LogP contribution in [0.4, 0.5) is 5.69 Å². The highest BCUT2D eigenvalue weighted by molar-refractivity contribution is 6.00. The van der Waals surface area contributed by atoms with Crippen molar-refractivity contribution >= 4 is 23.4 Å². The second kappa shape index (κ2) is 16.8. The average Bonchev–Trinajstić information content (AvgIpc) is 3.06. The zero-order chi connectivity index (χ0) is 32.3. The van der Waals surface area contributed by atoms with Crippen molar-refractivity contribution < 1.29 is 29.0 Å². The van der Waals surface area contributed by atoms with Crippen LogP contribution in [-0.2, 0) is 9.53 Å². The zero-order valence-electron chi connectivity index (χ0n) is 27.4. The highest BCUT2D eigenvalue weighted by atomic mass is 16.5. The second-order valence-corrected chi connectivity index (χ2v) is 12.9. The molecule has 0 radical (unpaired) electrons. The number of hydrogen-bond donors (Lipinski definition) is 2. The number of fused-ring (bicyclic) bond motifs is 1. The first-order valence-corrected chi connectivity index (χ1v) is 16.6. The molecule has 1 fully saturated rings. The van der Waals surface area contributed by atoms with Crippen molar-refractivity contribution in [2.45, 2.75) is 90.4 Å². The predicted octanol–water partition coefficient (Wildman–Crippen LogP) is 5.77. The molecular weight excluding hydrogens is 570 g/mol. The SMILES string of the molecule is C[C@@H]1CN([C@H](C)CO)C(=O)c2cc(NC(=O)C3CCCCC3)ccc2O[C@@H](C)CCCCO[C@H]1CN(C)C(=O)c1ccccc1. The Kier molecular flexibility index (Phi) is 12.8. The van der Waals surface area contributed by atoms with Crippen molar-refractivity contribution in [3.63, 3.8) is 0 Å². The summed E-state index contributed by atoms with van der Waals surface area (Å²) >= 11 is 0. The van der Waals surface area contributed by atoms with Crippen molar-refractivity contribution in [1.29, 1.82) is 0 Å². The number of nitrogens with one attached hydrogen (secondary N) is 1. The van der Waals surface area contributed by atoms with Crippen molar-refractivity contribution in [2.75, 3.05) is 38.7 Å². The number of amides is 3. The summed E-state index contributed by atoms with van der Waals surface area (Å²) in [6.07, 6.45) is 7.05. The van der Waals surface area contributed by atoms with Gasteiger partial charge in [-0.3, -0.25) is 14.4 Å². The summed E-state index contributed by atoms with van der Waals surface area (Å²) in [4.78, 5) is 43.9. The molecular formula is C36H51N3O6. The summed E-state index contributed by atoms with van der Waals surface area (Å²) in [5.41, 5.74) is 1.51. The molecule has 4 rings (SSSR count). The van der Waals surface area contributed by atoms with Gasteiger partial charge in [0.05, 0.1) is 30.4 Å². The van der Waals surface area contributed by atoms with E-state index in [0.717, 1.165) is 51.4 Å². The molecule has 0 saturated heterocycles. The third-order valence-electron chi connectivity index (χ3n) is 9.12. The minimum Gasteiger partial charge on any atom is -0.490 e. The standard InChI is InChI=1S/C36H51N3O6/c1-25-22-39(26(2)24-40)36(43)31-21-30(37-34(41)28-14-7-5-8-15-28)18-19-32(31)45-27(3)13-11-12-20-44-33(25)23-38(4)35(42)29-16-9-6-10-17-29/h6,9-10,16-19,21,25-28,33,40H,5,7-8,11-15,20,22-24H2,1-4H3,(H,37,41)/t25-,26-,27+,33+/m1/s1. The van der Waals surface area contributed by atoms with Crippen LogP contribution in [0.2, 0.25) is 0 Å². The maximum Gasteiger partial charge on any atom is 0.258 e. The van der Waals surface area contributed by atoms with Crippen LogP contribution in [0.25, 0.3) is 0 Å². The Balaban J connectivity index is 1.61. The molecule has 9 nitrogen and oxygen atoms in total. The van der Waals surface area contributed by atoms with Crippen LogP contribution in [-0.4, -0.2) is 84.2 Å². The number of aliphatic hydroxyl groups excluding tert-OH is 1. The minimum absolute atomic E-state index is 0.0133. The maximum absolute atomic E-state index is 14.3. The predicted molar refractivity (Wildman–Crippen MR) is 175 cm³/mol. The number of hydrogen-bond acceptors (Lipinski definition) is 6. The molecule has 1 saturated carbocycles. The molecule has 0 spiro atoms. The van der Waals surface area contributed by atoms with E-state index >= 15 is 0 Å². The lowest BCUT2D eigenvalue weighted by molar-refractivity contribution is -0.120. The van der Waals surface area contributed by atoms with Crippen molar-refractivity contribution in [1.82, 2.24) is 9.80 Å². The highest BCUT2D eigenvalue weighted by Gasteiger charge is 2.31. The van der Waals surface area contributed by atoms with Gasteiger partial charge in [-0.25, -0.2) is 0 Å². The van der Waals surface area contributed by atoms with Crippen molar-refractivity contribution in [2.24, 2.45) is 11.8 Å². The molecule has 2 N–H and O–H groups in total.